The number of amides is 1. The monoisotopic (exact) mass is 430 g/mol. The summed E-state index contributed by atoms with van der Waals surface area (Å²) < 4.78 is 0. The highest BCUT2D eigenvalue weighted by Crippen LogP contribution is 2.29. The van der Waals surface area contributed by atoms with Crippen molar-refractivity contribution in [1.82, 2.24) is 9.97 Å². The summed E-state index contributed by atoms with van der Waals surface area (Å²) in [7, 11) is 0. The van der Waals surface area contributed by atoms with E-state index < -0.39 is 0 Å². The number of nitrogens with zero attached hydrogens (tertiary/aromatic N) is 3. The van der Waals surface area contributed by atoms with Crippen LogP contribution in [0.25, 0.3) is 11.3 Å². The Balaban J connectivity index is 1.61. The van der Waals surface area contributed by atoms with Gasteiger partial charge in [0.25, 0.3) is 5.91 Å². The molecule has 1 fully saturated rings. The molecule has 1 unspecified atom stereocenters. The second kappa shape index (κ2) is 9.36. The van der Waals surface area contributed by atoms with Crippen LogP contribution in [0.15, 0.2) is 54.9 Å². The number of nitrogens with one attached hydrogen (secondary N) is 1. The molecule has 3 aromatic rings. The van der Waals surface area contributed by atoms with Crippen LogP contribution in [0, 0.1) is 0 Å². The maximum absolute atomic E-state index is 13.2. The average molecular weight is 431 g/mol. The summed E-state index contributed by atoms with van der Waals surface area (Å²) >= 11 is 0. The van der Waals surface area contributed by atoms with Gasteiger partial charge < -0.3 is 21.7 Å². The van der Waals surface area contributed by atoms with Gasteiger partial charge in [-0.2, -0.15) is 0 Å². The summed E-state index contributed by atoms with van der Waals surface area (Å²) in [6, 6.07) is 13.8. The molecular formula is C25H30N6O. The van der Waals surface area contributed by atoms with Crippen LogP contribution in [-0.2, 0) is 0 Å². The van der Waals surface area contributed by atoms with Crippen molar-refractivity contribution < 1.29 is 4.79 Å². The molecule has 7 heteroatoms. The molecule has 1 amide bonds. The lowest BCUT2D eigenvalue weighted by Gasteiger charge is -2.33. The van der Waals surface area contributed by atoms with Crippen molar-refractivity contribution in [2.75, 3.05) is 29.0 Å². The Kier molecular flexibility index (Phi) is 6.37. The summed E-state index contributed by atoms with van der Waals surface area (Å²) in [5.74, 6) is 0.0401. The van der Waals surface area contributed by atoms with Gasteiger partial charge in [-0.1, -0.05) is 32.0 Å². The summed E-state index contributed by atoms with van der Waals surface area (Å²) in [5, 5.41) is 2.96. The quantitative estimate of drug-likeness (QED) is 0.564. The zero-order chi connectivity index (χ0) is 22.7. The predicted octanol–water partition coefficient (Wildman–Crippen LogP) is 4.03. The van der Waals surface area contributed by atoms with E-state index in [2.05, 4.69) is 46.2 Å². The van der Waals surface area contributed by atoms with E-state index in [9.17, 15) is 4.79 Å². The second-order valence-corrected chi connectivity index (χ2v) is 8.61. The normalized spacial score (nSPS) is 16.2. The van der Waals surface area contributed by atoms with Gasteiger partial charge in [0.1, 0.15) is 0 Å². The predicted molar refractivity (Wildman–Crippen MR) is 130 cm³/mol. The van der Waals surface area contributed by atoms with E-state index in [1.165, 1.54) is 5.56 Å². The molecule has 5 N–H and O–H groups in total. The number of piperidine rings is 1. The lowest BCUT2D eigenvalue weighted by atomic mass is 9.99. The number of anilines is 3. The molecule has 0 radical (unpaired) electrons. The van der Waals surface area contributed by atoms with Crippen LogP contribution < -0.4 is 21.7 Å². The summed E-state index contributed by atoms with van der Waals surface area (Å²) in [6.07, 6.45) is 5.40. The van der Waals surface area contributed by atoms with Gasteiger partial charge in [0.2, 0.25) is 0 Å². The summed E-state index contributed by atoms with van der Waals surface area (Å²) in [5.41, 5.74) is 17.2. The smallest absolute Gasteiger partial charge is 0.276 e. The zero-order valence-corrected chi connectivity index (χ0v) is 18.6. The van der Waals surface area contributed by atoms with Crippen molar-refractivity contribution >= 4 is 23.0 Å². The van der Waals surface area contributed by atoms with Gasteiger partial charge in [-0.25, -0.2) is 4.98 Å². The summed E-state index contributed by atoms with van der Waals surface area (Å²) in [4.78, 5) is 24.2. The van der Waals surface area contributed by atoms with Crippen LogP contribution in [0.5, 0.6) is 0 Å². The van der Waals surface area contributed by atoms with E-state index >= 15 is 0 Å². The first kappa shape index (κ1) is 21.8. The summed E-state index contributed by atoms with van der Waals surface area (Å²) in [6.45, 7) is 5.93. The first-order valence-electron chi connectivity index (χ1n) is 11.0. The van der Waals surface area contributed by atoms with Crippen LogP contribution in [0.2, 0.25) is 0 Å². The third kappa shape index (κ3) is 4.73. The van der Waals surface area contributed by atoms with Crippen LogP contribution in [0.3, 0.4) is 0 Å². The number of pyridine rings is 2. The SMILES string of the molecule is CC(C)c1cccc(-c2ccc(N)c(C(=O)Nc3cnccc3N3CCCC(N)C3)n2)c1. The van der Waals surface area contributed by atoms with Crippen molar-refractivity contribution in [2.45, 2.75) is 38.6 Å². The molecule has 3 heterocycles. The molecule has 7 nitrogen and oxygen atoms in total. The number of nitrogen functional groups attached to an aromatic ring is 1. The van der Waals surface area contributed by atoms with E-state index in [-0.39, 0.29) is 17.6 Å². The van der Waals surface area contributed by atoms with Gasteiger partial charge >= 0.3 is 0 Å². The number of nitrogens with two attached hydrogens (primary N) is 2. The fourth-order valence-corrected chi connectivity index (χ4v) is 4.04. The Morgan fingerprint density at radius 2 is 2.06 bits per heavy atom. The van der Waals surface area contributed by atoms with E-state index in [1.54, 1.807) is 18.5 Å². The van der Waals surface area contributed by atoms with E-state index in [0.717, 1.165) is 37.2 Å². The third-order valence-electron chi connectivity index (χ3n) is 5.84. The van der Waals surface area contributed by atoms with Gasteiger partial charge in [0.05, 0.1) is 29.0 Å². The highest BCUT2D eigenvalue weighted by Gasteiger charge is 2.21. The first-order valence-corrected chi connectivity index (χ1v) is 11.0. The molecular weight excluding hydrogens is 400 g/mol. The van der Waals surface area contributed by atoms with Crippen LogP contribution >= 0.6 is 0 Å². The van der Waals surface area contributed by atoms with Crippen molar-refractivity contribution in [3.8, 4) is 11.3 Å². The lowest BCUT2D eigenvalue weighted by Crippen LogP contribution is -2.43. The molecule has 1 aliphatic heterocycles. The molecule has 1 aromatic carbocycles. The number of hydrogen-bond donors (Lipinski definition) is 3. The molecule has 166 valence electrons. The number of hydrogen-bond acceptors (Lipinski definition) is 6. The van der Waals surface area contributed by atoms with Crippen LogP contribution in [-0.4, -0.2) is 35.0 Å². The van der Waals surface area contributed by atoms with E-state index in [0.29, 0.717) is 23.0 Å². The molecule has 32 heavy (non-hydrogen) atoms. The minimum atomic E-state index is -0.361. The van der Waals surface area contributed by atoms with Crippen LogP contribution in [0.1, 0.15) is 48.7 Å². The molecule has 0 bridgehead atoms. The highest BCUT2D eigenvalue weighted by atomic mass is 16.1. The molecule has 2 aromatic heterocycles. The number of aromatic nitrogens is 2. The number of benzene rings is 1. The molecule has 4 rings (SSSR count). The third-order valence-corrected chi connectivity index (χ3v) is 5.84. The average Bonchev–Trinajstić information content (AvgIpc) is 2.79. The first-order chi connectivity index (χ1) is 15.4. The minimum Gasteiger partial charge on any atom is -0.397 e. The van der Waals surface area contributed by atoms with Crippen molar-refractivity contribution in [3.63, 3.8) is 0 Å². The van der Waals surface area contributed by atoms with E-state index in [4.69, 9.17) is 11.5 Å². The number of carbonyl (C=O) groups excluding carboxylic acids is 1. The Morgan fingerprint density at radius 3 is 2.84 bits per heavy atom. The van der Waals surface area contributed by atoms with Gasteiger partial charge in [0.15, 0.2) is 5.69 Å². The van der Waals surface area contributed by atoms with Crippen molar-refractivity contribution in [2.24, 2.45) is 5.73 Å². The van der Waals surface area contributed by atoms with Gasteiger partial charge in [-0.3, -0.25) is 9.78 Å². The Morgan fingerprint density at radius 1 is 1.22 bits per heavy atom. The van der Waals surface area contributed by atoms with Crippen molar-refractivity contribution in [1.29, 1.82) is 0 Å². The topological polar surface area (TPSA) is 110 Å². The second-order valence-electron chi connectivity index (χ2n) is 8.61. The highest BCUT2D eigenvalue weighted by molar-refractivity contribution is 6.07. The van der Waals surface area contributed by atoms with E-state index in [1.807, 2.05) is 24.3 Å². The standard InChI is InChI=1S/C25H30N6O/c1-16(2)17-5-3-6-18(13-17)21-9-8-20(27)24(29-21)25(32)30-22-14-28-11-10-23(22)31-12-4-7-19(26)15-31/h3,5-6,8-11,13-14,16,19H,4,7,12,15,26-27H2,1-2H3,(H,30,32). The Bertz CT molecular complexity index is 1110. The maximum atomic E-state index is 13.2. The lowest BCUT2D eigenvalue weighted by molar-refractivity contribution is 0.102. The van der Waals surface area contributed by atoms with Crippen molar-refractivity contribution in [3.05, 3.63) is 66.1 Å². The molecule has 1 saturated heterocycles. The number of carbonyl (C=O) groups is 1. The van der Waals surface area contributed by atoms with Gasteiger partial charge in [-0.15, -0.1) is 0 Å². The minimum absolute atomic E-state index is 0.121. The molecule has 1 atom stereocenters. The van der Waals surface area contributed by atoms with Crippen LogP contribution in [0.4, 0.5) is 17.1 Å². The molecule has 0 saturated carbocycles. The Hall–Kier alpha value is -3.45. The number of rotatable bonds is 5. The van der Waals surface area contributed by atoms with Gasteiger partial charge in [-0.05, 0) is 48.6 Å². The molecule has 0 spiro atoms. The molecule has 0 aliphatic carbocycles. The Labute approximate surface area is 188 Å². The largest absolute Gasteiger partial charge is 0.397 e. The fourth-order valence-electron chi connectivity index (χ4n) is 4.04. The zero-order valence-electron chi connectivity index (χ0n) is 18.6. The molecule has 1 aliphatic rings. The van der Waals surface area contributed by atoms with Gasteiger partial charge in [0, 0.05) is 30.9 Å². The maximum Gasteiger partial charge on any atom is 0.276 e. The fraction of sp³-hybridized carbons (Fsp3) is 0.320.